The number of benzene rings is 1. The lowest BCUT2D eigenvalue weighted by Gasteiger charge is -2.12. The fraction of sp³-hybridized carbons (Fsp3) is 0.455. The summed E-state index contributed by atoms with van der Waals surface area (Å²) in [6.45, 7) is 7.02. The van der Waals surface area contributed by atoms with Crippen LogP contribution in [0, 0.1) is 20.8 Å². The molecule has 0 radical (unpaired) electrons. The molecule has 1 aliphatic heterocycles. The van der Waals surface area contributed by atoms with Gasteiger partial charge >= 0.3 is 0 Å². The molecule has 1 saturated heterocycles. The molecule has 0 atom stereocenters. The van der Waals surface area contributed by atoms with Crippen LogP contribution in [0.3, 0.4) is 0 Å². The summed E-state index contributed by atoms with van der Waals surface area (Å²) in [6.07, 6.45) is 0. The highest BCUT2D eigenvalue weighted by atomic mass is 32.2. The molecule has 82 valence electrons. The molecule has 3 nitrogen and oxygen atoms in total. The van der Waals surface area contributed by atoms with Crippen molar-refractivity contribution in [2.24, 2.45) is 0 Å². The van der Waals surface area contributed by atoms with E-state index in [0.29, 0.717) is 18.0 Å². The van der Waals surface area contributed by atoms with Crippen molar-refractivity contribution in [3.63, 3.8) is 0 Å². The van der Waals surface area contributed by atoms with Gasteiger partial charge in [0.25, 0.3) is 0 Å². The van der Waals surface area contributed by atoms with Crippen LogP contribution in [0.2, 0.25) is 0 Å². The molecule has 0 aromatic heterocycles. The van der Waals surface area contributed by atoms with E-state index < -0.39 is 10.0 Å². The van der Waals surface area contributed by atoms with Crippen LogP contribution in [0.4, 0.5) is 0 Å². The fourth-order valence-corrected chi connectivity index (χ4v) is 3.74. The molecule has 0 aliphatic carbocycles. The lowest BCUT2D eigenvalue weighted by Crippen LogP contribution is -2.14. The molecule has 0 spiro atoms. The number of sulfonamides is 1. The minimum atomic E-state index is -3.21. The maximum atomic E-state index is 12.1. The smallest absolute Gasteiger partial charge is 0.207 e. The summed E-state index contributed by atoms with van der Waals surface area (Å²) >= 11 is 0. The topological polar surface area (TPSA) is 37.1 Å². The van der Waals surface area contributed by atoms with Gasteiger partial charge in [0.15, 0.2) is 0 Å². The molecule has 4 heteroatoms. The minimum absolute atomic E-state index is 0.491. The van der Waals surface area contributed by atoms with Crippen LogP contribution in [-0.2, 0) is 10.0 Å². The van der Waals surface area contributed by atoms with E-state index in [0.717, 1.165) is 16.7 Å². The van der Waals surface area contributed by atoms with Crippen LogP contribution in [0.25, 0.3) is 0 Å². The molecule has 1 aromatic rings. The van der Waals surface area contributed by atoms with E-state index >= 15 is 0 Å². The zero-order valence-corrected chi connectivity index (χ0v) is 10.1. The molecule has 0 amide bonds. The molecule has 2 rings (SSSR count). The van der Waals surface area contributed by atoms with Crippen molar-refractivity contribution in [2.75, 3.05) is 13.1 Å². The molecule has 15 heavy (non-hydrogen) atoms. The SMILES string of the molecule is Cc1cc(C)c(S(=O)(=O)N2CC2)c(C)c1. The first-order valence-electron chi connectivity index (χ1n) is 5.01. The Kier molecular flexibility index (Phi) is 2.35. The Morgan fingerprint density at radius 3 is 1.93 bits per heavy atom. The first kappa shape index (κ1) is 10.6. The van der Waals surface area contributed by atoms with Gasteiger partial charge in [0, 0.05) is 13.1 Å². The van der Waals surface area contributed by atoms with Crippen LogP contribution < -0.4 is 0 Å². The summed E-state index contributed by atoms with van der Waals surface area (Å²) in [4.78, 5) is 0.491. The lowest BCUT2D eigenvalue weighted by molar-refractivity contribution is 0.562. The summed E-state index contributed by atoms with van der Waals surface area (Å²) in [7, 11) is -3.21. The Bertz CT molecular complexity index is 478. The molecule has 0 bridgehead atoms. The van der Waals surface area contributed by atoms with E-state index in [1.54, 1.807) is 0 Å². The molecule has 0 N–H and O–H groups in total. The van der Waals surface area contributed by atoms with Crippen molar-refractivity contribution in [3.05, 3.63) is 28.8 Å². The van der Waals surface area contributed by atoms with Crippen molar-refractivity contribution in [2.45, 2.75) is 25.7 Å². The third kappa shape index (κ3) is 1.79. The van der Waals surface area contributed by atoms with Crippen molar-refractivity contribution in [1.29, 1.82) is 0 Å². The quantitative estimate of drug-likeness (QED) is 0.717. The predicted molar refractivity (Wildman–Crippen MR) is 59.4 cm³/mol. The monoisotopic (exact) mass is 225 g/mol. The van der Waals surface area contributed by atoms with Gasteiger partial charge in [-0.2, -0.15) is 4.31 Å². The Labute approximate surface area is 90.8 Å². The summed E-state index contributed by atoms with van der Waals surface area (Å²) in [5.74, 6) is 0. The largest absolute Gasteiger partial charge is 0.243 e. The second kappa shape index (κ2) is 3.32. The number of nitrogens with zero attached hydrogens (tertiary/aromatic N) is 1. The molecule has 1 heterocycles. The number of rotatable bonds is 2. The van der Waals surface area contributed by atoms with Gasteiger partial charge in [-0.3, -0.25) is 0 Å². The number of aryl methyl sites for hydroxylation is 3. The fourth-order valence-electron chi connectivity index (χ4n) is 1.98. The Morgan fingerprint density at radius 1 is 1.07 bits per heavy atom. The predicted octanol–water partition coefficient (Wildman–Crippen LogP) is 1.62. The molecule has 1 aliphatic rings. The van der Waals surface area contributed by atoms with Gasteiger partial charge in [-0.1, -0.05) is 17.7 Å². The van der Waals surface area contributed by atoms with Crippen LogP contribution in [0.15, 0.2) is 17.0 Å². The van der Waals surface area contributed by atoms with Crippen LogP contribution in [0.5, 0.6) is 0 Å². The van der Waals surface area contributed by atoms with E-state index in [1.807, 2.05) is 32.9 Å². The zero-order chi connectivity index (χ0) is 11.2. The Morgan fingerprint density at radius 2 is 1.53 bits per heavy atom. The van der Waals surface area contributed by atoms with E-state index in [1.165, 1.54) is 4.31 Å². The first-order chi connectivity index (χ1) is 6.93. The van der Waals surface area contributed by atoms with Crippen molar-refractivity contribution >= 4 is 10.0 Å². The third-order valence-corrected chi connectivity index (χ3v) is 4.81. The average Bonchev–Trinajstić information content (AvgIpc) is 2.81. The molecule has 0 unspecified atom stereocenters. The summed E-state index contributed by atoms with van der Waals surface area (Å²) in [5.41, 5.74) is 2.80. The minimum Gasteiger partial charge on any atom is -0.207 e. The van der Waals surface area contributed by atoms with E-state index in [-0.39, 0.29) is 0 Å². The Hall–Kier alpha value is -0.870. The second-order valence-corrected chi connectivity index (χ2v) is 6.01. The van der Waals surface area contributed by atoms with Gasteiger partial charge in [-0.25, -0.2) is 8.42 Å². The van der Waals surface area contributed by atoms with Gasteiger partial charge in [0.1, 0.15) is 0 Å². The normalized spacial score (nSPS) is 16.7. The first-order valence-corrected chi connectivity index (χ1v) is 6.45. The number of hydrogen-bond donors (Lipinski definition) is 0. The molecule has 0 saturated carbocycles. The molecular formula is C11H15NO2S. The van der Waals surface area contributed by atoms with Crippen LogP contribution in [-0.4, -0.2) is 25.8 Å². The third-order valence-electron chi connectivity index (χ3n) is 2.61. The van der Waals surface area contributed by atoms with E-state index in [2.05, 4.69) is 0 Å². The maximum absolute atomic E-state index is 12.1. The zero-order valence-electron chi connectivity index (χ0n) is 9.24. The molecule has 1 aromatic carbocycles. The highest BCUT2D eigenvalue weighted by Gasteiger charge is 2.35. The van der Waals surface area contributed by atoms with Gasteiger partial charge in [0.05, 0.1) is 4.90 Å². The van der Waals surface area contributed by atoms with E-state index in [4.69, 9.17) is 0 Å². The van der Waals surface area contributed by atoms with Gasteiger partial charge in [-0.05, 0) is 31.9 Å². The maximum Gasteiger partial charge on any atom is 0.243 e. The average molecular weight is 225 g/mol. The highest BCUT2D eigenvalue weighted by molar-refractivity contribution is 7.89. The van der Waals surface area contributed by atoms with Crippen LogP contribution >= 0.6 is 0 Å². The van der Waals surface area contributed by atoms with Gasteiger partial charge in [-0.15, -0.1) is 0 Å². The summed E-state index contributed by atoms with van der Waals surface area (Å²) in [5, 5.41) is 0. The second-order valence-electron chi connectivity index (χ2n) is 4.13. The van der Waals surface area contributed by atoms with Crippen LogP contribution in [0.1, 0.15) is 16.7 Å². The lowest BCUT2D eigenvalue weighted by atomic mass is 10.1. The Balaban J connectivity index is 2.62. The van der Waals surface area contributed by atoms with E-state index in [9.17, 15) is 8.42 Å². The summed E-state index contributed by atoms with van der Waals surface area (Å²) < 4.78 is 25.6. The summed E-state index contributed by atoms with van der Waals surface area (Å²) in [6, 6.07) is 3.84. The standard InChI is InChI=1S/C11H15NO2S/c1-8-6-9(2)11(10(3)7-8)15(13,14)12-4-5-12/h6-7H,4-5H2,1-3H3. The molecular weight excluding hydrogens is 210 g/mol. The number of hydrogen-bond acceptors (Lipinski definition) is 2. The molecule has 1 fully saturated rings. The van der Waals surface area contributed by atoms with Gasteiger partial charge in [0.2, 0.25) is 10.0 Å². The van der Waals surface area contributed by atoms with Crippen molar-refractivity contribution in [3.8, 4) is 0 Å². The highest BCUT2D eigenvalue weighted by Crippen LogP contribution is 2.28. The van der Waals surface area contributed by atoms with Crippen molar-refractivity contribution in [1.82, 2.24) is 4.31 Å². The van der Waals surface area contributed by atoms with Gasteiger partial charge < -0.3 is 0 Å². The van der Waals surface area contributed by atoms with Crippen molar-refractivity contribution < 1.29 is 8.42 Å².